The summed E-state index contributed by atoms with van der Waals surface area (Å²) in [6.45, 7) is 0. The molecule has 0 aliphatic heterocycles. The normalized spacial score (nSPS) is 9.50. The van der Waals surface area contributed by atoms with Crippen LogP contribution in [0.15, 0.2) is 0 Å². The molecule has 1 heterocycles. The molecule has 0 radical (unpaired) electrons. The minimum absolute atomic E-state index is 0.332. The Morgan fingerprint density at radius 1 is 1.31 bits per heavy atom. The molecule has 0 fully saturated rings. The molecule has 0 aromatic carbocycles. The average molecular weight is 225 g/mol. The molecule has 1 aromatic heterocycles. The van der Waals surface area contributed by atoms with Crippen molar-refractivity contribution < 1.29 is 9.53 Å². The molecule has 0 atom stereocenters. The zero-order valence-electron chi connectivity index (χ0n) is 9.74. The SMILES string of the molecule is CNc1nc(NC)c(N(C)C=O)c(OC)n1. The van der Waals surface area contributed by atoms with Crippen molar-refractivity contribution in [3.05, 3.63) is 0 Å². The van der Waals surface area contributed by atoms with E-state index in [4.69, 9.17) is 4.74 Å². The molecule has 16 heavy (non-hydrogen) atoms. The second kappa shape index (κ2) is 5.15. The number of carbonyl (C=O) groups is 1. The lowest BCUT2D eigenvalue weighted by Gasteiger charge is -2.18. The lowest BCUT2D eigenvalue weighted by atomic mass is 10.4. The van der Waals surface area contributed by atoms with Crippen molar-refractivity contribution in [2.45, 2.75) is 0 Å². The Labute approximate surface area is 93.8 Å². The van der Waals surface area contributed by atoms with Crippen molar-refractivity contribution in [1.29, 1.82) is 0 Å². The average Bonchev–Trinajstić information content (AvgIpc) is 2.35. The first-order valence-corrected chi connectivity index (χ1v) is 4.67. The maximum Gasteiger partial charge on any atom is 0.244 e. The summed E-state index contributed by atoms with van der Waals surface area (Å²) in [5.74, 6) is 1.27. The van der Waals surface area contributed by atoms with E-state index >= 15 is 0 Å². The Balaban J connectivity index is 3.36. The lowest BCUT2D eigenvalue weighted by Crippen LogP contribution is -2.18. The summed E-state index contributed by atoms with van der Waals surface area (Å²) in [5.41, 5.74) is 0.499. The van der Waals surface area contributed by atoms with Crippen molar-refractivity contribution in [2.75, 3.05) is 43.8 Å². The minimum atomic E-state index is 0.332. The number of nitrogens with one attached hydrogen (secondary N) is 2. The van der Waals surface area contributed by atoms with Gasteiger partial charge in [0.2, 0.25) is 18.2 Å². The van der Waals surface area contributed by atoms with Crippen molar-refractivity contribution in [3.63, 3.8) is 0 Å². The Kier molecular flexibility index (Phi) is 3.87. The third-order valence-corrected chi connectivity index (χ3v) is 2.02. The second-order valence-electron chi connectivity index (χ2n) is 2.97. The van der Waals surface area contributed by atoms with Crippen LogP contribution in [0.2, 0.25) is 0 Å². The summed E-state index contributed by atoms with van der Waals surface area (Å²) < 4.78 is 5.12. The molecule has 1 aromatic rings. The van der Waals surface area contributed by atoms with Crippen molar-refractivity contribution in [3.8, 4) is 5.88 Å². The molecule has 7 heteroatoms. The molecule has 1 amide bonds. The van der Waals surface area contributed by atoms with Crippen LogP contribution in [0.25, 0.3) is 0 Å². The van der Waals surface area contributed by atoms with Gasteiger partial charge in [0.15, 0.2) is 5.82 Å². The molecular weight excluding hydrogens is 210 g/mol. The Hall–Kier alpha value is -2.05. The zero-order chi connectivity index (χ0) is 12.1. The van der Waals surface area contributed by atoms with Gasteiger partial charge in [-0.25, -0.2) is 0 Å². The Morgan fingerprint density at radius 3 is 2.44 bits per heavy atom. The van der Waals surface area contributed by atoms with E-state index in [1.165, 1.54) is 12.0 Å². The molecule has 2 N–H and O–H groups in total. The van der Waals surface area contributed by atoms with Gasteiger partial charge in [0.05, 0.1) is 7.11 Å². The summed E-state index contributed by atoms with van der Waals surface area (Å²) in [6.07, 6.45) is 0.668. The van der Waals surface area contributed by atoms with Crippen LogP contribution in [0.4, 0.5) is 17.5 Å². The van der Waals surface area contributed by atoms with E-state index in [1.807, 2.05) is 0 Å². The summed E-state index contributed by atoms with van der Waals surface area (Å²) in [6, 6.07) is 0. The maximum absolute atomic E-state index is 10.8. The number of anilines is 3. The molecule has 0 aliphatic carbocycles. The van der Waals surface area contributed by atoms with E-state index in [1.54, 1.807) is 21.1 Å². The molecule has 7 nitrogen and oxygen atoms in total. The first-order valence-electron chi connectivity index (χ1n) is 4.67. The predicted molar refractivity (Wildman–Crippen MR) is 62.1 cm³/mol. The van der Waals surface area contributed by atoms with Gasteiger partial charge in [0.25, 0.3) is 0 Å². The van der Waals surface area contributed by atoms with Crippen LogP contribution in [0, 0.1) is 0 Å². The Bertz CT molecular complexity index is 357. The molecule has 1 rings (SSSR count). The number of hydrogen-bond donors (Lipinski definition) is 2. The van der Waals surface area contributed by atoms with Gasteiger partial charge < -0.3 is 20.3 Å². The highest BCUT2D eigenvalue weighted by molar-refractivity contribution is 5.84. The fourth-order valence-electron chi connectivity index (χ4n) is 1.23. The predicted octanol–water partition coefficient (Wildman–Crippen LogP) is 0.161. The number of ether oxygens (including phenoxy) is 1. The van der Waals surface area contributed by atoms with Crippen LogP contribution in [0.3, 0.4) is 0 Å². The summed E-state index contributed by atoms with van der Waals surface area (Å²) in [7, 11) is 6.51. The molecular formula is C9H15N5O2. The molecule has 0 bridgehead atoms. The number of nitrogens with zero attached hydrogens (tertiary/aromatic N) is 3. The monoisotopic (exact) mass is 225 g/mol. The third-order valence-electron chi connectivity index (χ3n) is 2.02. The van der Waals surface area contributed by atoms with E-state index in [0.29, 0.717) is 29.7 Å². The highest BCUT2D eigenvalue weighted by Crippen LogP contribution is 2.32. The highest BCUT2D eigenvalue weighted by atomic mass is 16.5. The van der Waals surface area contributed by atoms with E-state index in [0.717, 1.165) is 0 Å². The Morgan fingerprint density at radius 2 is 2.00 bits per heavy atom. The molecule has 0 unspecified atom stereocenters. The number of rotatable bonds is 5. The van der Waals surface area contributed by atoms with E-state index in [2.05, 4.69) is 20.6 Å². The largest absolute Gasteiger partial charge is 0.479 e. The van der Waals surface area contributed by atoms with Gasteiger partial charge in [-0.05, 0) is 0 Å². The van der Waals surface area contributed by atoms with Gasteiger partial charge in [0, 0.05) is 21.1 Å². The van der Waals surface area contributed by atoms with Gasteiger partial charge in [-0.3, -0.25) is 4.79 Å². The van der Waals surface area contributed by atoms with Gasteiger partial charge in [-0.1, -0.05) is 0 Å². The van der Waals surface area contributed by atoms with E-state index in [9.17, 15) is 4.79 Å². The number of hydrogen-bond acceptors (Lipinski definition) is 6. The maximum atomic E-state index is 10.8. The fourth-order valence-corrected chi connectivity index (χ4v) is 1.23. The van der Waals surface area contributed by atoms with Crippen molar-refractivity contribution in [1.82, 2.24) is 9.97 Å². The molecule has 88 valence electrons. The van der Waals surface area contributed by atoms with Gasteiger partial charge in [-0.2, -0.15) is 9.97 Å². The molecule has 0 spiro atoms. The standard InChI is InChI=1S/C9H15N5O2/c1-10-7-6(14(3)5-15)8(16-4)13-9(11-2)12-7/h5H,1-4H3,(H2,10,11,12,13). The third kappa shape index (κ3) is 2.13. The van der Waals surface area contributed by atoms with Crippen LogP contribution in [0.1, 0.15) is 0 Å². The number of carbonyl (C=O) groups excluding carboxylic acids is 1. The van der Waals surface area contributed by atoms with Crippen LogP contribution in [0.5, 0.6) is 5.88 Å². The van der Waals surface area contributed by atoms with Gasteiger partial charge in [0.1, 0.15) is 5.69 Å². The summed E-state index contributed by atoms with van der Waals surface area (Å²) in [4.78, 5) is 20.4. The molecule has 0 aliphatic rings. The van der Waals surface area contributed by atoms with Gasteiger partial charge in [-0.15, -0.1) is 0 Å². The molecule has 0 saturated heterocycles. The van der Waals surface area contributed by atoms with Crippen LogP contribution in [-0.4, -0.2) is 44.6 Å². The van der Waals surface area contributed by atoms with Crippen molar-refractivity contribution >= 4 is 23.9 Å². The van der Waals surface area contributed by atoms with Crippen LogP contribution >= 0.6 is 0 Å². The quantitative estimate of drug-likeness (QED) is 0.695. The zero-order valence-corrected chi connectivity index (χ0v) is 9.74. The van der Waals surface area contributed by atoms with Crippen LogP contribution < -0.4 is 20.3 Å². The smallest absolute Gasteiger partial charge is 0.244 e. The summed E-state index contributed by atoms with van der Waals surface area (Å²) in [5, 5.41) is 5.70. The van der Waals surface area contributed by atoms with Gasteiger partial charge >= 0.3 is 0 Å². The number of aromatic nitrogens is 2. The minimum Gasteiger partial charge on any atom is -0.479 e. The highest BCUT2D eigenvalue weighted by Gasteiger charge is 2.17. The van der Waals surface area contributed by atoms with E-state index < -0.39 is 0 Å². The fraction of sp³-hybridized carbons (Fsp3) is 0.444. The topological polar surface area (TPSA) is 79.4 Å². The first-order chi connectivity index (χ1) is 7.67. The lowest BCUT2D eigenvalue weighted by molar-refractivity contribution is -0.107. The van der Waals surface area contributed by atoms with E-state index in [-0.39, 0.29) is 0 Å². The first kappa shape index (κ1) is 12.0. The number of methoxy groups -OCH3 is 1. The van der Waals surface area contributed by atoms with Crippen LogP contribution in [-0.2, 0) is 4.79 Å². The second-order valence-corrected chi connectivity index (χ2v) is 2.97. The summed E-state index contributed by atoms with van der Waals surface area (Å²) >= 11 is 0. The molecule has 0 saturated carbocycles. The number of amides is 1. The van der Waals surface area contributed by atoms with Crippen molar-refractivity contribution in [2.24, 2.45) is 0 Å².